The van der Waals surface area contributed by atoms with E-state index in [0.29, 0.717) is 0 Å². The lowest BCUT2D eigenvalue weighted by atomic mass is 9.98. The van der Waals surface area contributed by atoms with Crippen LogP contribution >= 0.6 is 0 Å². The van der Waals surface area contributed by atoms with Gasteiger partial charge in [-0.05, 0) is 50.9 Å². The van der Waals surface area contributed by atoms with Crippen LogP contribution in [0.5, 0.6) is 0 Å². The van der Waals surface area contributed by atoms with Gasteiger partial charge in [0.15, 0.2) is 5.82 Å². The lowest BCUT2D eigenvalue weighted by Crippen LogP contribution is -2.31. The summed E-state index contributed by atoms with van der Waals surface area (Å²) in [4.78, 5) is 13.2. The lowest BCUT2D eigenvalue weighted by molar-refractivity contribution is 0.389. The molecule has 1 aliphatic rings. The Bertz CT molecular complexity index is 578. The van der Waals surface area contributed by atoms with Gasteiger partial charge >= 0.3 is 0 Å². The van der Waals surface area contributed by atoms with Crippen molar-refractivity contribution in [3.63, 3.8) is 0 Å². The first-order valence-corrected chi connectivity index (χ1v) is 7.52. The molecule has 1 saturated heterocycles. The molecular formula is C16H21N5. The molecule has 0 bridgehead atoms. The Morgan fingerprint density at radius 2 is 2.14 bits per heavy atom. The monoisotopic (exact) mass is 283 g/mol. The van der Waals surface area contributed by atoms with E-state index in [4.69, 9.17) is 0 Å². The van der Waals surface area contributed by atoms with Crippen LogP contribution in [0, 0.1) is 12.8 Å². The Morgan fingerprint density at radius 1 is 1.29 bits per heavy atom. The predicted molar refractivity (Wildman–Crippen MR) is 84.1 cm³/mol. The van der Waals surface area contributed by atoms with E-state index >= 15 is 0 Å². The number of aromatic nitrogens is 3. The summed E-state index contributed by atoms with van der Waals surface area (Å²) in [5.74, 6) is 2.36. The Balaban J connectivity index is 1.72. The van der Waals surface area contributed by atoms with E-state index in [1.807, 2.05) is 25.1 Å². The molecule has 2 aromatic rings. The highest BCUT2D eigenvalue weighted by atomic mass is 15.0. The number of piperidine rings is 1. The van der Waals surface area contributed by atoms with E-state index in [-0.39, 0.29) is 0 Å². The molecule has 0 unspecified atom stereocenters. The second-order valence-corrected chi connectivity index (χ2v) is 5.53. The van der Waals surface area contributed by atoms with Gasteiger partial charge in [0.25, 0.3) is 0 Å². The molecule has 5 heteroatoms. The minimum atomic E-state index is 0.725. The Kier molecular flexibility index (Phi) is 4.40. The largest absolute Gasteiger partial charge is 0.370 e. The van der Waals surface area contributed by atoms with Crippen molar-refractivity contribution in [2.75, 3.05) is 25.0 Å². The van der Waals surface area contributed by atoms with Crippen LogP contribution in [0.15, 0.2) is 30.6 Å². The van der Waals surface area contributed by atoms with Gasteiger partial charge < -0.3 is 10.6 Å². The average molecular weight is 283 g/mol. The number of hydrogen-bond acceptors (Lipinski definition) is 5. The zero-order valence-electron chi connectivity index (χ0n) is 12.3. The summed E-state index contributed by atoms with van der Waals surface area (Å²) in [7, 11) is 0. The average Bonchev–Trinajstić information content (AvgIpc) is 2.54. The molecule has 0 radical (unpaired) electrons. The number of anilines is 1. The summed E-state index contributed by atoms with van der Waals surface area (Å²) in [6, 6.07) is 5.89. The zero-order valence-corrected chi connectivity index (χ0v) is 12.3. The summed E-state index contributed by atoms with van der Waals surface area (Å²) in [6.45, 7) is 5.22. The SMILES string of the molecule is Cc1cc(NCC2CCNCC2)nc(-c2cccnc2)n1. The van der Waals surface area contributed by atoms with Gasteiger partial charge in [-0.3, -0.25) is 4.98 Å². The Morgan fingerprint density at radius 3 is 2.90 bits per heavy atom. The first-order valence-electron chi connectivity index (χ1n) is 7.52. The van der Waals surface area contributed by atoms with Crippen LogP contribution in [0.4, 0.5) is 5.82 Å². The van der Waals surface area contributed by atoms with Crippen molar-refractivity contribution >= 4 is 5.82 Å². The highest BCUT2D eigenvalue weighted by Gasteiger charge is 2.13. The summed E-state index contributed by atoms with van der Waals surface area (Å²) >= 11 is 0. The van der Waals surface area contributed by atoms with Crippen molar-refractivity contribution in [3.8, 4) is 11.4 Å². The molecule has 1 fully saturated rings. The van der Waals surface area contributed by atoms with Gasteiger partial charge in [0, 0.05) is 36.3 Å². The molecule has 0 aromatic carbocycles. The maximum absolute atomic E-state index is 4.61. The maximum atomic E-state index is 4.61. The lowest BCUT2D eigenvalue weighted by Gasteiger charge is -2.23. The molecule has 5 nitrogen and oxygen atoms in total. The third kappa shape index (κ3) is 3.76. The highest BCUT2D eigenvalue weighted by molar-refractivity contribution is 5.56. The first kappa shape index (κ1) is 13.9. The van der Waals surface area contributed by atoms with Crippen LogP contribution in [-0.4, -0.2) is 34.6 Å². The normalized spacial score (nSPS) is 15.9. The van der Waals surface area contributed by atoms with Gasteiger partial charge in [0.2, 0.25) is 0 Å². The Hall–Kier alpha value is -2.01. The van der Waals surface area contributed by atoms with Gasteiger partial charge in [-0.25, -0.2) is 9.97 Å². The van der Waals surface area contributed by atoms with E-state index < -0.39 is 0 Å². The zero-order chi connectivity index (χ0) is 14.5. The maximum Gasteiger partial charge on any atom is 0.163 e. The highest BCUT2D eigenvalue weighted by Crippen LogP contribution is 2.18. The van der Waals surface area contributed by atoms with Crippen LogP contribution < -0.4 is 10.6 Å². The third-order valence-corrected chi connectivity index (χ3v) is 3.80. The summed E-state index contributed by atoms with van der Waals surface area (Å²) < 4.78 is 0. The molecule has 21 heavy (non-hydrogen) atoms. The smallest absolute Gasteiger partial charge is 0.163 e. The molecule has 0 saturated carbocycles. The van der Waals surface area contributed by atoms with Crippen LogP contribution in [0.25, 0.3) is 11.4 Å². The third-order valence-electron chi connectivity index (χ3n) is 3.80. The molecule has 1 aliphatic heterocycles. The minimum Gasteiger partial charge on any atom is -0.370 e. The van der Waals surface area contributed by atoms with E-state index in [2.05, 4.69) is 25.6 Å². The van der Waals surface area contributed by atoms with Crippen molar-refractivity contribution < 1.29 is 0 Å². The van der Waals surface area contributed by atoms with Crippen molar-refractivity contribution in [2.45, 2.75) is 19.8 Å². The number of hydrogen-bond donors (Lipinski definition) is 2. The van der Waals surface area contributed by atoms with E-state index in [1.54, 1.807) is 12.4 Å². The van der Waals surface area contributed by atoms with Crippen LogP contribution in [0.1, 0.15) is 18.5 Å². The molecule has 3 heterocycles. The number of aryl methyl sites for hydroxylation is 1. The molecule has 0 aliphatic carbocycles. The minimum absolute atomic E-state index is 0.725. The quantitative estimate of drug-likeness (QED) is 0.901. The molecule has 2 N–H and O–H groups in total. The number of pyridine rings is 1. The number of nitrogens with one attached hydrogen (secondary N) is 2. The van der Waals surface area contributed by atoms with E-state index in [0.717, 1.165) is 48.5 Å². The van der Waals surface area contributed by atoms with E-state index in [9.17, 15) is 0 Å². The summed E-state index contributed by atoms with van der Waals surface area (Å²) in [5, 5.41) is 6.86. The standard InChI is InChI=1S/C16H21N5/c1-12-9-15(19-10-13-4-7-17-8-5-13)21-16(20-12)14-3-2-6-18-11-14/h2-3,6,9,11,13,17H,4-5,7-8,10H2,1H3,(H,19,20,21). The fourth-order valence-corrected chi connectivity index (χ4v) is 2.62. The predicted octanol–water partition coefficient (Wildman–Crippen LogP) is 2.26. The van der Waals surface area contributed by atoms with Crippen LogP contribution in [0.3, 0.4) is 0 Å². The first-order chi connectivity index (χ1) is 10.3. The van der Waals surface area contributed by atoms with Gasteiger partial charge in [0.05, 0.1) is 0 Å². The Labute approximate surface area is 125 Å². The fraction of sp³-hybridized carbons (Fsp3) is 0.438. The number of nitrogens with zero attached hydrogens (tertiary/aromatic N) is 3. The fourth-order valence-electron chi connectivity index (χ4n) is 2.62. The topological polar surface area (TPSA) is 62.7 Å². The van der Waals surface area contributed by atoms with Crippen LogP contribution in [-0.2, 0) is 0 Å². The van der Waals surface area contributed by atoms with Crippen molar-refractivity contribution in [3.05, 3.63) is 36.3 Å². The van der Waals surface area contributed by atoms with Gasteiger partial charge in [-0.1, -0.05) is 0 Å². The number of rotatable bonds is 4. The van der Waals surface area contributed by atoms with Gasteiger partial charge in [0.1, 0.15) is 5.82 Å². The molecule has 2 aromatic heterocycles. The van der Waals surface area contributed by atoms with Gasteiger partial charge in [-0.2, -0.15) is 0 Å². The molecular weight excluding hydrogens is 262 g/mol. The second kappa shape index (κ2) is 6.63. The van der Waals surface area contributed by atoms with Crippen molar-refractivity contribution in [1.82, 2.24) is 20.3 Å². The second-order valence-electron chi connectivity index (χ2n) is 5.53. The van der Waals surface area contributed by atoms with Crippen molar-refractivity contribution in [1.29, 1.82) is 0 Å². The molecule has 0 spiro atoms. The summed E-state index contributed by atoms with van der Waals surface area (Å²) in [5.41, 5.74) is 1.92. The molecule has 3 rings (SSSR count). The van der Waals surface area contributed by atoms with E-state index in [1.165, 1.54) is 12.8 Å². The van der Waals surface area contributed by atoms with Gasteiger partial charge in [-0.15, -0.1) is 0 Å². The molecule has 0 amide bonds. The molecule has 110 valence electrons. The van der Waals surface area contributed by atoms with Crippen molar-refractivity contribution in [2.24, 2.45) is 5.92 Å². The molecule has 0 atom stereocenters. The summed E-state index contributed by atoms with van der Waals surface area (Å²) in [6.07, 6.45) is 6.01. The van der Waals surface area contributed by atoms with Crippen LogP contribution in [0.2, 0.25) is 0 Å².